The predicted molar refractivity (Wildman–Crippen MR) is 90.3 cm³/mol. The zero-order valence-electron chi connectivity index (χ0n) is 15.6. The van der Waals surface area contributed by atoms with E-state index in [2.05, 4.69) is 9.84 Å². The molecule has 0 spiro atoms. The molecule has 0 bridgehead atoms. The van der Waals surface area contributed by atoms with Gasteiger partial charge in [-0.15, -0.1) is 6.42 Å². The van der Waals surface area contributed by atoms with Crippen LogP contribution in [0.25, 0.3) is 0 Å². The molecule has 29 heavy (non-hydrogen) atoms. The molecule has 1 rings (SSSR count). The summed E-state index contributed by atoms with van der Waals surface area (Å²) >= 11 is 0. The van der Waals surface area contributed by atoms with E-state index in [0.717, 1.165) is 20.8 Å². The largest absolute Gasteiger partial charge is 0.472 e. The fraction of sp³-hybridized carbons (Fsp3) is 0.600. The second kappa shape index (κ2) is 10.3. The van der Waals surface area contributed by atoms with Gasteiger partial charge in [-0.1, -0.05) is 0 Å². The molecule has 14 heteroatoms. The summed E-state index contributed by atoms with van der Waals surface area (Å²) in [5, 5.41) is 2.14. The quantitative estimate of drug-likeness (QED) is 0.179. The van der Waals surface area contributed by atoms with Gasteiger partial charge in [-0.3, -0.25) is 23.7 Å². The minimum absolute atomic E-state index is 0.554. The number of carbonyl (C=O) groups is 4. The first kappa shape index (κ1) is 24.5. The average Bonchev–Trinajstić information content (AvgIpc) is 2.56. The predicted octanol–water partition coefficient (Wildman–Crippen LogP) is -1.63. The Kier molecular flexibility index (Phi) is 8.75. The monoisotopic (exact) mass is 437 g/mol. The molecule has 0 aliphatic carbocycles. The molecule has 13 nitrogen and oxygen atoms in total. The third-order valence-corrected chi connectivity index (χ3v) is 3.85. The van der Waals surface area contributed by atoms with Crippen LogP contribution >= 0.6 is 7.82 Å². The maximum atomic E-state index is 11.7. The van der Waals surface area contributed by atoms with E-state index < -0.39 is 68.9 Å². The minimum atomic E-state index is -5.18. The fourth-order valence-corrected chi connectivity index (χ4v) is 2.93. The Morgan fingerprint density at radius 1 is 1.07 bits per heavy atom. The third-order valence-electron chi connectivity index (χ3n) is 3.37. The number of hydrogen-bond acceptors (Lipinski definition) is 10. The number of nitrogens with one attached hydrogen (secondary N) is 1. The van der Waals surface area contributed by atoms with Crippen LogP contribution in [0.3, 0.4) is 0 Å². The first-order valence-corrected chi connectivity index (χ1v) is 9.51. The summed E-state index contributed by atoms with van der Waals surface area (Å²) in [6.07, 6.45) is -1.30. The number of phosphoric acid groups is 1. The standard InChI is InChI=1S/C15H20NO12P/c1-5-11(20)16-12-14(26-9(4)19)13(25-8(3)18)10(6-24-7(2)17)27-15(12)28-29(21,22)23/h1,10,12-15H,6H2,2-4H3,(H,16,20)(H2,21,22,23)/t10-,12-,13-,14-,15-/m1/s1. The molecule has 1 heterocycles. The highest BCUT2D eigenvalue weighted by molar-refractivity contribution is 7.46. The number of rotatable bonds is 7. The third kappa shape index (κ3) is 8.18. The van der Waals surface area contributed by atoms with Gasteiger partial charge in [0.1, 0.15) is 18.8 Å². The van der Waals surface area contributed by atoms with E-state index in [9.17, 15) is 23.7 Å². The van der Waals surface area contributed by atoms with Gasteiger partial charge < -0.3 is 34.1 Å². The van der Waals surface area contributed by atoms with Gasteiger partial charge in [-0.05, 0) is 5.92 Å². The van der Waals surface area contributed by atoms with Gasteiger partial charge in [0.2, 0.25) is 0 Å². The SMILES string of the molecule is C#CC(=O)N[C@H]1[C@@H](OP(=O)(O)O)O[C@H](COC(C)=O)[C@@H](OC(C)=O)[C@@H]1OC(C)=O. The zero-order valence-corrected chi connectivity index (χ0v) is 16.5. The van der Waals surface area contributed by atoms with Crippen molar-refractivity contribution in [1.29, 1.82) is 0 Å². The van der Waals surface area contributed by atoms with Gasteiger partial charge in [0.05, 0.1) is 0 Å². The summed E-state index contributed by atoms with van der Waals surface area (Å²) in [7, 11) is -5.18. The van der Waals surface area contributed by atoms with Crippen LogP contribution in [-0.2, 0) is 47.2 Å². The van der Waals surface area contributed by atoms with Crippen molar-refractivity contribution in [3.05, 3.63) is 0 Å². The molecule has 0 unspecified atom stereocenters. The number of esters is 3. The van der Waals surface area contributed by atoms with Crippen molar-refractivity contribution in [2.45, 2.75) is 51.4 Å². The van der Waals surface area contributed by atoms with Crippen LogP contribution < -0.4 is 5.32 Å². The summed E-state index contributed by atoms with van der Waals surface area (Å²) in [4.78, 5) is 64.2. The molecule has 0 aromatic carbocycles. The van der Waals surface area contributed by atoms with Crippen LogP contribution in [0.15, 0.2) is 0 Å². The van der Waals surface area contributed by atoms with Crippen LogP contribution in [-0.4, -0.2) is 70.9 Å². The Morgan fingerprint density at radius 3 is 2.07 bits per heavy atom. The molecule has 5 atom stereocenters. The van der Waals surface area contributed by atoms with E-state index in [-0.39, 0.29) is 0 Å². The Balaban J connectivity index is 3.39. The van der Waals surface area contributed by atoms with Crippen molar-refractivity contribution in [3.63, 3.8) is 0 Å². The van der Waals surface area contributed by atoms with Gasteiger partial charge in [0, 0.05) is 20.8 Å². The lowest BCUT2D eigenvalue weighted by molar-refractivity contribution is -0.259. The Labute approximate surface area is 165 Å². The lowest BCUT2D eigenvalue weighted by Crippen LogP contribution is -2.66. The summed E-state index contributed by atoms with van der Waals surface area (Å²) < 4.78 is 36.2. The molecule has 1 fully saturated rings. The van der Waals surface area contributed by atoms with E-state index in [1.165, 1.54) is 0 Å². The molecule has 0 radical (unpaired) electrons. The van der Waals surface area contributed by atoms with Gasteiger partial charge in [0.25, 0.3) is 5.91 Å². The summed E-state index contributed by atoms with van der Waals surface area (Å²) in [5.74, 6) is -1.84. The Hall–Kier alpha value is -2.49. The van der Waals surface area contributed by atoms with Crippen LogP contribution in [0.5, 0.6) is 0 Å². The summed E-state index contributed by atoms with van der Waals surface area (Å²) in [6, 6.07) is -1.59. The number of amides is 1. The Morgan fingerprint density at radius 2 is 1.62 bits per heavy atom. The number of terminal acetylenes is 1. The molecule has 162 valence electrons. The molecular weight excluding hydrogens is 417 g/mol. The molecule has 1 aliphatic heterocycles. The smallest absolute Gasteiger partial charge is 0.463 e. The first-order chi connectivity index (χ1) is 13.3. The maximum absolute atomic E-state index is 11.7. The second-order valence-electron chi connectivity index (χ2n) is 5.73. The lowest BCUT2D eigenvalue weighted by Gasteiger charge is -2.44. The summed E-state index contributed by atoms with van der Waals surface area (Å²) in [6.45, 7) is 2.55. The van der Waals surface area contributed by atoms with Crippen LogP contribution in [0.2, 0.25) is 0 Å². The highest BCUT2D eigenvalue weighted by atomic mass is 31.2. The minimum Gasteiger partial charge on any atom is -0.463 e. The fourth-order valence-electron chi connectivity index (χ4n) is 2.47. The van der Waals surface area contributed by atoms with Crippen LogP contribution in [0, 0.1) is 12.3 Å². The van der Waals surface area contributed by atoms with Gasteiger partial charge in [-0.2, -0.15) is 0 Å². The number of phosphoric ester groups is 1. The summed E-state index contributed by atoms with van der Waals surface area (Å²) in [5.41, 5.74) is 0. The Bertz CT molecular complexity index is 740. The van der Waals surface area contributed by atoms with Crippen molar-refractivity contribution in [2.75, 3.05) is 6.61 Å². The number of carbonyl (C=O) groups excluding carboxylic acids is 4. The van der Waals surface area contributed by atoms with Crippen molar-refractivity contribution < 1.29 is 57.0 Å². The average molecular weight is 437 g/mol. The molecular formula is C15H20NO12P. The molecule has 1 aliphatic rings. The highest BCUT2D eigenvalue weighted by Gasteiger charge is 2.52. The lowest BCUT2D eigenvalue weighted by atomic mass is 9.96. The highest BCUT2D eigenvalue weighted by Crippen LogP contribution is 2.41. The van der Waals surface area contributed by atoms with Crippen molar-refractivity contribution in [3.8, 4) is 12.3 Å². The van der Waals surface area contributed by atoms with Crippen molar-refractivity contribution in [2.24, 2.45) is 0 Å². The van der Waals surface area contributed by atoms with Crippen molar-refractivity contribution >= 4 is 31.6 Å². The van der Waals surface area contributed by atoms with Gasteiger partial charge in [0.15, 0.2) is 18.5 Å². The van der Waals surface area contributed by atoms with E-state index >= 15 is 0 Å². The molecule has 0 saturated carbocycles. The van der Waals surface area contributed by atoms with Crippen LogP contribution in [0.1, 0.15) is 20.8 Å². The zero-order chi connectivity index (χ0) is 22.4. The molecule has 3 N–H and O–H groups in total. The van der Waals surface area contributed by atoms with E-state index in [4.69, 9.17) is 35.2 Å². The van der Waals surface area contributed by atoms with E-state index in [1.54, 1.807) is 5.92 Å². The van der Waals surface area contributed by atoms with Gasteiger partial charge >= 0.3 is 25.7 Å². The number of hydrogen-bond donors (Lipinski definition) is 3. The number of ether oxygens (including phenoxy) is 4. The first-order valence-electron chi connectivity index (χ1n) is 7.98. The topological polar surface area (TPSA) is 184 Å². The molecule has 1 saturated heterocycles. The molecule has 1 amide bonds. The van der Waals surface area contributed by atoms with E-state index in [0.29, 0.717) is 0 Å². The van der Waals surface area contributed by atoms with Crippen molar-refractivity contribution in [1.82, 2.24) is 5.32 Å². The molecule has 0 aromatic rings. The normalized spacial score (nSPS) is 26.6. The van der Waals surface area contributed by atoms with E-state index in [1.807, 2.05) is 0 Å². The maximum Gasteiger partial charge on any atom is 0.472 e. The van der Waals surface area contributed by atoms with Gasteiger partial charge in [-0.25, -0.2) is 4.57 Å². The second-order valence-corrected chi connectivity index (χ2v) is 6.93. The molecule has 0 aromatic heterocycles. The van der Waals surface area contributed by atoms with Crippen LogP contribution in [0.4, 0.5) is 0 Å².